The zero-order valence-electron chi connectivity index (χ0n) is 16.2. The Hall–Kier alpha value is -1.79. The van der Waals surface area contributed by atoms with Crippen LogP contribution in [0.5, 0.6) is 0 Å². The van der Waals surface area contributed by atoms with Crippen molar-refractivity contribution in [1.29, 1.82) is 0 Å². The van der Waals surface area contributed by atoms with Gasteiger partial charge in [0.2, 0.25) is 0 Å². The molecule has 1 aliphatic heterocycles. The standard InChI is InChI=1S/C21H28N4OS/c1-15-5-3-4-6-16(15)14-22-17-7-8-19-18(13-17)20(23-24(19)2)21(26)25-9-11-27-12-10-25/h3-6,17,22H,7-14H2,1-2H3. The molecule has 0 bridgehead atoms. The second-order valence-electron chi connectivity index (χ2n) is 7.55. The average Bonchev–Trinajstić information content (AvgIpc) is 3.03. The van der Waals surface area contributed by atoms with Crippen LogP contribution in [-0.2, 0) is 26.4 Å². The fraction of sp³-hybridized carbons (Fsp3) is 0.524. The maximum atomic E-state index is 13.0. The molecular weight excluding hydrogens is 356 g/mol. The van der Waals surface area contributed by atoms with Crippen LogP contribution in [0.15, 0.2) is 24.3 Å². The smallest absolute Gasteiger partial charge is 0.274 e. The largest absolute Gasteiger partial charge is 0.336 e. The SMILES string of the molecule is Cc1ccccc1CNC1CCc2c(c(C(=O)N3CCSCC3)nn2C)C1. The second-order valence-corrected chi connectivity index (χ2v) is 8.77. The van der Waals surface area contributed by atoms with Gasteiger partial charge in [-0.1, -0.05) is 24.3 Å². The number of benzene rings is 1. The van der Waals surface area contributed by atoms with Gasteiger partial charge in [-0.3, -0.25) is 9.48 Å². The van der Waals surface area contributed by atoms with Crippen molar-refractivity contribution in [3.05, 3.63) is 52.3 Å². The molecule has 1 fully saturated rings. The van der Waals surface area contributed by atoms with Gasteiger partial charge < -0.3 is 10.2 Å². The van der Waals surface area contributed by atoms with Crippen molar-refractivity contribution in [1.82, 2.24) is 20.0 Å². The third kappa shape index (κ3) is 3.92. The summed E-state index contributed by atoms with van der Waals surface area (Å²) in [6.45, 7) is 4.71. The Kier molecular flexibility index (Phi) is 5.55. The minimum atomic E-state index is 0.117. The number of hydrogen-bond donors (Lipinski definition) is 1. The van der Waals surface area contributed by atoms with Gasteiger partial charge in [0.05, 0.1) is 0 Å². The quantitative estimate of drug-likeness (QED) is 0.880. The lowest BCUT2D eigenvalue weighted by atomic mass is 9.91. The van der Waals surface area contributed by atoms with E-state index in [9.17, 15) is 4.79 Å². The van der Waals surface area contributed by atoms with E-state index >= 15 is 0 Å². The van der Waals surface area contributed by atoms with Crippen molar-refractivity contribution in [2.45, 2.75) is 38.8 Å². The van der Waals surface area contributed by atoms with Crippen molar-refractivity contribution >= 4 is 17.7 Å². The minimum absolute atomic E-state index is 0.117. The molecule has 6 heteroatoms. The van der Waals surface area contributed by atoms with Gasteiger partial charge in [-0.25, -0.2) is 0 Å². The van der Waals surface area contributed by atoms with Crippen LogP contribution in [0.3, 0.4) is 0 Å². The van der Waals surface area contributed by atoms with E-state index < -0.39 is 0 Å². The number of nitrogens with one attached hydrogen (secondary N) is 1. The van der Waals surface area contributed by atoms with E-state index in [2.05, 4.69) is 41.6 Å². The molecule has 0 spiro atoms. The topological polar surface area (TPSA) is 50.2 Å². The van der Waals surface area contributed by atoms with Crippen molar-refractivity contribution in [2.75, 3.05) is 24.6 Å². The lowest BCUT2D eigenvalue weighted by molar-refractivity contribution is 0.0764. The van der Waals surface area contributed by atoms with Gasteiger partial charge in [0.25, 0.3) is 5.91 Å². The summed E-state index contributed by atoms with van der Waals surface area (Å²) in [7, 11) is 1.97. The summed E-state index contributed by atoms with van der Waals surface area (Å²) in [6, 6.07) is 8.91. The highest BCUT2D eigenvalue weighted by atomic mass is 32.2. The number of aromatic nitrogens is 2. The molecule has 2 heterocycles. The zero-order valence-corrected chi connectivity index (χ0v) is 17.0. The van der Waals surface area contributed by atoms with Crippen LogP contribution >= 0.6 is 11.8 Å². The van der Waals surface area contributed by atoms with Crippen molar-refractivity contribution in [2.24, 2.45) is 7.05 Å². The Bertz CT molecular complexity index is 826. The molecule has 1 aromatic carbocycles. The van der Waals surface area contributed by atoms with Gasteiger partial charge in [0.15, 0.2) is 5.69 Å². The molecule has 1 N–H and O–H groups in total. The highest BCUT2D eigenvalue weighted by Gasteiger charge is 2.30. The average molecular weight is 385 g/mol. The number of nitrogens with zero attached hydrogens (tertiary/aromatic N) is 3. The summed E-state index contributed by atoms with van der Waals surface area (Å²) >= 11 is 1.92. The first-order chi connectivity index (χ1) is 13.1. The van der Waals surface area contributed by atoms with Crippen molar-refractivity contribution < 1.29 is 4.79 Å². The van der Waals surface area contributed by atoms with E-state index in [0.717, 1.165) is 56.0 Å². The summed E-state index contributed by atoms with van der Waals surface area (Å²) in [4.78, 5) is 15.0. The number of amides is 1. The molecule has 27 heavy (non-hydrogen) atoms. The van der Waals surface area contributed by atoms with Crippen LogP contribution in [0.2, 0.25) is 0 Å². The zero-order chi connectivity index (χ0) is 18.8. The number of aryl methyl sites for hydroxylation is 2. The molecule has 1 saturated heterocycles. The van der Waals surface area contributed by atoms with Crippen LogP contribution in [0.1, 0.15) is 39.3 Å². The lowest BCUT2D eigenvalue weighted by Crippen LogP contribution is -2.39. The Morgan fingerprint density at radius 2 is 2.07 bits per heavy atom. The van der Waals surface area contributed by atoms with Gasteiger partial charge in [-0.15, -0.1) is 0 Å². The Morgan fingerprint density at radius 1 is 1.30 bits per heavy atom. The monoisotopic (exact) mass is 384 g/mol. The van der Waals surface area contributed by atoms with Crippen LogP contribution in [0, 0.1) is 6.92 Å². The Balaban J connectivity index is 1.48. The van der Waals surface area contributed by atoms with E-state index in [-0.39, 0.29) is 5.91 Å². The number of rotatable bonds is 4. The van der Waals surface area contributed by atoms with Crippen molar-refractivity contribution in [3.8, 4) is 0 Å². The summed E-state index contributed by atoms with van der Waals surface area (Å²) in [5.41, 5.74) is 5.74. The summed E-state index contributed by atoms with van der Waals surface area (Å²) in [5, 5.41) is 8.33. The second kappa shape index (κ2) is 8.07. The van der Waals surface area contributed by atoms with Crippen molar-refractivity contribution in [3.63, 3.8) is 0 Å². The molecule has 4 rings (SSSR count). The van der Waals surface area contributed by atoms with Crippen LogP contribution in [-0.4, -0.2) is 51.2 Å². The predicted octanol–water partition coefficient (Wildman–Crippen LogP) is 2.56. The van der Waals surface area contributed by atoms with Gasteiger partial charge >= 0.3 is 0 Å². The Morgan fingerprint density at radius 3 is 2.85 bits per heavy atom. The fourth-order valence-corrected chi connectivity index (χ4v) is 5.02. The van der Waals surface area contributed by atoms with Crippen LogP contribution < -0.4 is 5.32 Å². The number of thioether (sulfide) groups is 1. The molecule has 1 amide bonds. The van der Waals surface area contributed by atoms with Gasteiger partial charge in [-0.2, -0.15) is 16.9 Å². The van der Waals surface area contributed by atoms with E-state index in [1.807, 2.05) is 28.4 Å². The molecule has 144 valence electrons. The first-order valence-corrected chi connectivity index (χ1v) is 11.0. The Labute approximate surface area is 165 Å². The molecule has 1 unspecified atom stereocenters. The minimum Gasteiger partial charge on any atom is -0.336 e. The number of carbonyl (C=O) groups is 1. The molecule has 5 nitrogen and oxygen atoms in total. The molecular formula is C21H28N4OS. The lowest BCUT2D eigenvalue weighted by Gasteiger charge is -2.27. The number of carbonyl (C=O) groups excluding carboxylic acids is 1. The van der Waals surface area contributed by atoms with E-state index in [1.54, 1.807) is 0 Å². The summed E-state index contributed by atoms with van der Waals surface area (Å²) in [6.07, 6.45) is 2.96. The number of hydrogen-bond acceptors (Lipinski definition) is 4. The van der Waals surface area contributed by atoms with E-state index in [4.69, 9.17) is 0 Å². The third-order valence-electron chi connectivity index (χ3n) is 5.80. The van der Waals surface area contributed by atoms with Gasteiger partial charge in [0, 0.05) is 55.5 Å². The summed E-state index contributed by atoms with van der Waals surface area (Å²) in [5.74, 6) is 2.18. The normalized spacial score (nSPS) is 19.8. The predicted molar refractivity (Wildman–Crippen MR) is 110 cm³/mol. The molecule has 1 atom stereocenters. The fourth-order valence-electron chi connectivity index (χ4n) is 4.11. The third-order valence-corrected chi connectivity index (χ3v) is 6.74. The molecule has 2 aliphatic rings. The maximum absolute atomic E-state index is 13.0. The van der Waals surface area contributed by atoms with Gasteiger partial charge in [-0.05, 0) is 37.3 Å². The highest BCUT2D eigenvalue weighted by Crippen LogP contribution is 2.26. The van der Waals surface area contributed by atoms with Crippen LogP contribution in [0.4, 0.5) is 0 Å². The molecule has 0 saturated carbocycles. The molecule has 1 aromatic heterocycles. The number of fused-ring (bicyclic) bond motifs is 1. The van der Waals surface area contributed by atoms with E-state index in [0.29, 0.717) is 11.7 Å². The molecule has 2 aromatic rings. The highest BCUT2D eigenvalue weighted by molar-refractivity contribution is 7.99. The van der Waals surface area contributed by atoms with Crippen LogP contribution in [0.25, 0.3) is 0 Å². The van der Waals surface area contributed by atoms with Gasteiger partial charge in [0.1, 0.15) is 0 Å². The van der Waals surface area contributed by atoms with E-state index in [1.165, 1.54) is 16.8 Å². The molecule has 0 radical (unpaired) electrons. The first-order valence-electron chi connectivity index (χ1n) is 9.83. The molecule has 1 aliphatic carbocycles. The first kappa shape index (κ1) is 18.6. The maximum Gasteiger partial charge on any atom is 0.274 e. The summed E-state index contributed by atoms with van der Waals surface area (Å²) < 4.78 is 1.93.